The number of thiophene rings is 1. The molecule has 0 fully saturated rings. The summed E-state index contributed by atoms with van der Waals surface area (Å²) in [6.07, 6.45) is 2.35. The van der Waals surface area contributed by atoms with E-state index >= 15 is 0 Å². The largest absolute Gasteiger partial charge is 0.265 e. The van der Waals surface area contributed by atoms with Crippen molar-refractivity contribution in [3.8, 4) is 0 Å². The van der Waals surface area contributed by atoms with Crippen LogP contribution < -0.4 is 4.72 Å². The Bertz CT molecular complexity index is 899. The van der Waals surface area contributed by atoms with Crippen LogP contribution in [0.4, 0.5) is 5.13 Å². The van der Waals surface area contributed by atoms with E-state index in [1.807, 2.05) is 16.8 Å². The monoisotopic (exact) mass is 353 g/mol. The first-order valence-corrected chi connectivity index (χ1v) is 10.1. The number of pyridine rings is 1. The van der Waals surface area contributed by atoms with Gasteiger partial charge in [0.05, 0.1) is 5.69 Å². The molecule has 8 heteroatoms. The van der Waals surface area contributed by atoms with E-state index in [0.29, 0.717) is 11.0 Å². The van der Waals surface area contributed by atoms with Crippen LogP contribution >= 0.6 is 22.7 Å². The number of sulfonamides is 1. The van der Waals surface area contributed by atoms with Crippen LogP contribution in [-0.4, -0.2) is 18.4 Å². The highest BCUT2D eigenvalue weighted by molar-refractivity contribution is 7.93. The molecule has 0 radical (unpaired) electrons. The maximum atomic E-state index is 12.4. The van der Waals surface area contributed by atoms with Crippen molar-refractivity contribution in [2.75, 3.05) is 4.72 Å². The molecular weight excluding hydrogens is 338 g/mol. The second-order valence-corrected chi connectivity index (χ2v) is 8.41. The Kier molecular flexibility index (Phi) is 4.16. The van der Waals surface area contributed by atoms with Gasteiger partial charge in [-0.25, -0.2) is 18.4 Å². The predicted molar refractivity (Wildman–Crippen MR) is 91.2 cm³/mol. The van der Waals surface area contributed by atoms with E-state index in [1.54, 1.807) is 6.07 Å². The summed E-state index contributed by atoms with van der Waals surface area (Å²) in [5.74, 6) is 0.318. The maximum Gasteiger partial charge on any atom is 0.265 e. The fourth-order valence-corrected chi connectivity index (χ4v) is 4.71. The summed E-state index contributed by atoms with van der Waals surface area (Å²) >= 11 is 2.78. The molecular formula is C14H15N3O2S3. The number of hydrogen-bond acceptors (Lipinski definition) is 6. The second kappa shape index (κ2) is 5.94. The quantitative estimate of drug-likeness (QED) is 0.750. The molecule has 0 saturated heterocycles. The van der Waals surface area contributed by atoms with Gasteiger partial charge in [0.25, 0.3) is 10.0 Å². The van der Waals surface area contributed by atoms with Gasteiger partial charge in [-0.1, -0.05) is 13.8 Å². The van der Waals surface area contributed by atoms with Crippen molar-refractivity contribution in [3.05, 3.63) is 34.8 Å². The average molecular weight is 353 g/mol. The van der Waals surface area contributed by atoms with Crippen molar-refractivity contribution in [3.63, 3.8) is 0 Å². The Morgan fingerprint density at radius 1 is 1.36 bits per heavy atom. The third-order valence-electron chi connectivity index (χ3n) is 3.45. The van der Waals surface area contributed by atoms with Crippen LogP contribution in [0.3, 0.4) is 0 Å². The highest BCUT2D eigenvalue weighted by Gasteiger charge is 2.18. The molecule has 3 rings (SSSR count). The lowest BCUT2D eigenvalue weighted by Crippen LogP contribution is -2.13. The topological polar surface area (TPSA) is 72.0 Å². The van der Waals surface area contributed by atoms with Gasteiger partial charge in [-0.3, -0.25) is 4.72 Å². The minimum Gasteiger partial charge on any atom is -0.255 e. The first-order chi connectivity index (χ1) is 10.5. The van der Waals surface area contributed by atoms with Crippen LogP contribution in [0.5, 0.6) is 0 Å². The summed E-state index contributed by atoms with van der Waals surface area (Å²) in [7, 11) is -3.66. The van der Waals surface area contributed by atoms with E-state index in [-0.39, 0.29) is 4.90 Å². The maximum absolute atomic E-state index is 12.4. The van der Waals surface area contributed by atoms with Gasteiger partial charge < -0.3 is 0 Å². The zero-order chi connectivity index (χ0) is 15.7. The highest BCUT2D eigenvalue weighted by atomic mass is 32.2. The van der Waals surface area contributed by atoms with Gasteiger partial charge in [0.2, 0.25) is 0 Å². The van der Waals surface area contributed by atoms with Crippen molar-refractivity contribution >= 4 is 48.0 Å². The van der Waals surface area contributed by atoms with Crippen molar-refractivity contribution in [1.29, 1.82) is 0 Å². The predicted octanol–water partition coefficient (Wildman–Crippen LogP) is 4.07. The molecule has 1 atom stereocenters. The van der Waals surface area contributed by atoms with E-state index in [4.69, 9.17) is 0 Å². The Hall–Kier alpha value is -1.51. The fraction of sp³-hybridized carbons (Fsp3) is 0.286. The smallest absolute Gasteiger partial charge is 0.255 e. The van der Waals surface area contributed by atoms with Gasteiger partial charge in [0.1, 0.15) is 9.73 Å². The molecule has 116 valence electrons. The Morgan fingerprint density at radius 2 is 2.18 bits per heavy atom. The van der Waals surface area contributed by atoms with Crippen LogP contribution in [0.15, 0.2) is 34.0 Å². The van der Waals surface area contributed by atoms with Crippen molar-refractivity contribution < 1.29 is 8.42 Å². The number of rotatable bonds is 5. The molecule has 0 aliphatic rings. The number of nitrogens with one attached hydrogen (secondary N) is 1. The van der Waals surface area contributed by atoms with Gasteiger partial charge in [-0.15, -0.1) is 22.7 Å². The first-order valence-electron chi connectivity index (χ1n) is 6.81. The summed E-state index contributed by atoms with van der Waals surface area (Å²) in [4.78, 5) is 9.51. The van der Waals surface area contributed by atoms with E-state index in [1.165, 1.54) is 28.9 Å². The van der Waals surface area contributed by atoms with E-state index in [2.05, 4.69) is 28.5 Å². The molecule has 3 aromatic heterocycles. The molecule has 0 amide bonds. The van der Waals surface area contributed by atoms with Gasteiger partial charge in [0, 0.05) is 17.0 Å². The van der Waals surface area contributed by atoms with E-state index in [0.717, 1.165) is 22.3 Å². The molecule has 0 bridgehead atoms. The normalized spacial score (nSPS) is 13.4. The summed E-state index contributed by atoms with van der Waals surface area (Å²) in [6.45, 7) is 4.15. The van der Waals surface area contributed by atoms with Crippen LogP contribution in [-0.2, 0) is 10.0 Å². The van der Waals surface area contributed by atoms with Crippen LogP contribution in [0.2, 0.25) is 0 Å². The first kappa shape index (κ1) is 15.4. The molecule has 3 heterocycles. The van der Waals surface area contributed by atoms with Crippen molar-refractivity contribution in [1.82, 2.24) is 9.97 Å². The summed E-state index contributed by atoms with van der Waals surface area (Å²) in [5, 5.41) is 5.00. The van der Waals surface area contributed by atoms with Crippen LogP contribution in [0.1, 0.15) is 31.9 Å². The van der Waals surface area contributed by atoms with E-state index < -0.39 is 10.0 Å². The minimum absolute atomic E-state index is 0.152. The molecule has 0 aliphatic heterocycles. The number of aromatic nitrogens is 2. The number of hydrogen-bond donors (Lipinski definition) is 1. The molecule has 0 aromatic carbocycles. The molecule has 0 spiro atoms. The second-order valence-electron chi connectivity index (χ2n) is 4.98. The van der Waals surface area contributed by atoms with Crippen molar-refractivity contribution in [2.24, 2.45) is 0 Å². The van der Waals surface area contributed by atoms with Gasteiger partial charge in [-0.2, -0.15) is 0 Å². The Morgan fingerprint density at radius 3 is 2.95 bits per heavy atom. The lowest BCUT2D eigenvalue weighted by atomic mass is 10.1. The molecule has 5 nitrogen and oxygen atoms in total. The molecule has 22 heavy (non-hydrogen) atoms. The summed E-state index contributed by atoms with van der Waals surface area (Å²) < 4.78 is 27.4. The number of nitrogens with zero attached hydrogens (tertiary/aromatic N) is 2. The molecule has 1 N–H and O–H groups in total. The van der Waals surface area contributed by atoms with Crippen LogP contribution in [0.25, 0.3) is 10.2 Å². The van der Waals surface area contributed by atoms with Gasteiger partial charge in [-0.05, 0) is 29.9 Å². The highest BCUT2D eigenvalue weighted by Crippen LogP contribution is 2.27. The standard InChI is InChI=1S/C14H15N3O2S3/c1-3-9(2)12-8-21-14(16-12)17-22(18,19)11-6-10-4-5-20-13(10)15-7-11/h4-9H,3H2,1-2H3,(H,16,17). The SMILES string of the molecule is CCC(C)c1csc(NS(=O)(=O)c2cnc3sccc3c2)n1. The summed E-state index contributed by atoms with van der Waals surface area (Å²) in [5.41, 5.74) is 0.914. The van der Waals surface area contributed by atoms with E-state index in [9.17, 15) is 8.42 Å². The molecule has 3 aromatic rings. The van der Waals surface area contributed by atoms with Gasteiger partial charge in [0.15, 0.2) is 5.13 Å². The lowest BCUT2D eigenvalue weighted by Gasteiger charge is -2.05. The number of anilines is 1. The Balaban J connectivity index is 1.87. The molecule has 0 saturated carbocycles. The minimum atomic E-state index is -3.66. The third-order valence-corrected chi connectivity index (χ3v) is 6.50. The fourth-order valence-electron chi connectivity index (χ4n) is 1.93. The number of fused-ring (bicyclic) bond motifs is 1. The van der Waals surface area contributed by atoms with Crippen molar-refractivity contribution in [2.45, 2.75) is 31.1 Å². The molecule has 1 unspecified atom stereocenters. The average Bonchev–Trinajstić information content (AvgIpc) is 3.13. The van der Waals surface area contributed by atoms with Crippen LogP contribution in [0, 0.1) is 0 Å². The summed E-state index contributed by atoms with van der Waals surface area (Å²) in [6, 6.07) is 3.49. The number of thiazole rings is 1. The third kappa shape index (κ3) is 2.99. The zero-order valence-electron chi connectivity index (χ0n) is 12.1. The Labute approximate surface area is 137 Å². The van der Waals surface area contributed by atoms with Gasteiger partial charge >= 0.3 is 0 Å². The zero-order valence-corrected chi connectivity index (χ0v) is 14.6. The lowest BCUT2D eigenvalue weighted by molar-refractivity contribution is 0.601. The molecule has 0 aliphatic carbocycles.